The molecule has 0 radical (unpaired) electrons. The number of alkyl carbamates (subject to hydrolysis) is 2. The van der Waals surface area contributed by atoms with E-state index in [2.05, 4.69) is 40.2 Å². The summed E-state index contributed by atoms with van der Waals surface area (Å²) in [5, 5.41) is 8.56. The Labute approximate surface area is 206 Å². The highest BCUT2D eigenvalue weighted by Crippen LogP contribution is 2.44. The second-order valence-electron chi connectivity index (χ2n) is 9.20. The summed E-state index contributed by atoms with van der Waals surface area (Å²) in [5.74, 6) is 0.00831. The van der Waals surface area contributed by atoms with Crippen molar-refractivity contribution < 1.29 is 19.1 Å². The van der Waals surface area contributed by atoms with Gasteiger partial charge in [0.1, 0.15) is 12.2 Å². The molecule has 8 heteroatoms. The standard InChI is InChI=1S/C26H33N3O4S/c1-26(2,3)33-24(30)28-16-10-4-9-15-27-23(34)29-25(31)32-17-22-20-13-7-5-11-18(20)19-12-6-8-14-21(19)22/h5-8,11-14,22H,4,9-10,15-17H2,1-3H3,(H,28,30)(H2,27,29,31,34). The Hall–Kier alpha value is -3.13. The largest absolute Gasteiger partial charge is 0.448 e. The molecule has 1 aliphatic rings. The summed E-state index contributed by atoms with van der Waals surface area (Å²) in [6.45, 7) is 6.91. The van der Waals surface area contributed by atoms with Gasteiger partial charge in [-0.25, -0.2) is 9.59 Å². The van der Waals surface area contributed by atoms with Gasteiger partial charge < -0.3 is 20.1 Å². The van der Waals surface area contributed by atoms with Crippen molar-refractivity contribution in [2.45, 2.75) is 51.6 Å². The van der Waals surface area contributed by atoms with Gasteiger partial charge in [-0.3, -0.25) is 5.32 Å². The topological polar surface area (TPSA) is 88.7 Å². The second-order valence-corrected chi connectivity index (χ2v) is 9.60. The number of amides is 2. The van der Waals surface area contributed by atoms with E-state index in [1.807, 2.05) is 45.0 Å². The number of rotatable bonds is 8. The zero-order valence-corrected chi connectivity index (χ0v) is 20.8. The third kappa shape index (κ3) is 7.45. The van der Waals surface area contributed by atoms with Crippen LogP contribution in [0.4, 0.5) is 9.59 Å². The molecule has 0 bridgehead atoms. The number of thiocarbonyl (C=S) groups is 1. The summed E-state index contributed by atoms with van der Waals surface area (Å²) in [7, 11) is 0. The van der Waals surface area contributed by atoms with Gasteiger partial charge in [0.15, 0.2) is 5.11 Å². The number of fused-ring (bicyclic) bond motifs is 3. The van der Waals surface area contributed by atoms with Crippen LogP contribution < -0.4 is 16.0 Å². The van der Waals surface area contributed by atoms with Crippen molar-refractivity contribution in [3.63, 3.8) is 0 Å². The van der Waals surface area contributed by atoms with E-state index in [1.165, 1.54) is 22.3 Å². The normalized spacial score (nSPS) is 12.3. The predicted molar refractivity (Wildman–Crippen MR) is 137 cm³/mol. The third-order valence-electron chi connectivity index (χ3n) is 5.37. The first-order valence-corrected chi connectivity index (χ1v) is 12.0. The number of carbonyl (C=O) groups is 2. The van der Waals surface area contributed by atoms with Crippen molar-refractivity contribution in [1.82, 2.24) is 16.0 Å². The minimum absolute atomic E-state index is 0.00831. The number of ether oxygens (including phenoxy) is 2. The van der Waals surface area contributed by atoms with E-state index in [1.54, 1.807) is 0 Å². The Bertz CT molecular complexity index is 974. The number of hydrogen-bond acceptors (Lipinski definition) is 5. The fourth-order valence-corrected chi connectivity index (χ4v) is 4.09. The average molecular weight is 484 g/mol. The molecule has 0 saturated heterocycles. The smallest absolute Gasteiger partial charge is 0.413 e. The van der Waals surface area contributed by atoms with Crippen molar-refractivity contribution in [1.29, 1.82) is 0 Å². The number of carbonyl (C=O) groups excluding carboxylic acids is 2. The van der Waals surface area contributed by atoms with Crippen molar-refractivity contribution >= 4 is 29.5 Å². The van der Waals surface area contributed by atoms with Crippen LogP contribution >= 0.6 is 12.2 Å². The summed E-state index contributed by atoms with van der Waals surface area (Å²) in [4.78, 5) is 23.8. The summed E-state index contributed by atoms with van der Waals surface area (Å²) >= 11 is 5.19. The maximum absolute atomic E-state index is 12.3. The number of nitrogens with one attached hydrogen (secondary N) is 3. The van der Waals surface area contributed by atoms with Gasteiger partial charge in [0.2, 0.25) is 0 Å². The molecule has 2 aromatic rings. The van der Waals surface area contributed by atoms with Crippen molar-refractivity contribution in [3.05, 3.63) is 59.7 Å². The Balaban J connectivity index is 1.31. The zero-order valence-electron chi connectivity index (χ0n) is 20.0. The first-order chi connectivity index (χ1) is 16.2. The second kappa shape index (κ2) is 11.8. The summed E-state index contributed by atoms with van der Waals surface area (Å²) in [6.07, 6.45) is 1.60. The van der Waals surface area contributed by atoms with E-state index in [4.69, 9.17) is 21.7 Å². The highest BCUT2D eigenvalue weighted by atomic mass is 32.1. The SMILES string of the molecule is CC(C)(C)OC(=O)NCCCCCNC(=S)NC(=O)OCC1c2ccccc2-c2ccccc21. The lowest BCUT2D eigenvalue weighted by Gasteiger charge is -2.19. The van der Waals surface area contributed by atoms with E-state index in [0.717, 1.165) is 19.3 Å². The minimum atomic E-state index is -0.569. The van der Waals surface area contributed by atoms with Gasteiger partial charge in [-0.2, -0.15) is 0 Å². The molecule has 0 fully saturated rings. The lowest BCUT2D eigenvalue weighted by Crippen LogP contribution is -2.40. The van der Waals surface area contributed by atoms with Crippen molar-refractivity contribution in [2.24, 2.45) is 0 Å². The van der Waals surface area contributed by atoms with Crippen LogP contribution in [0.1, 0.15) is 57.1 Å². The van der Waals surface area contributed by atoms with Gasteiger partial charge in [0, 0.05) is 19.0 Å². The zero-order chi connectivity index (χ0) is 24.6. The molecule has 0 unspecified atom stereocenters. The van der Waals surface area contributed by atoms with Crippen LogP contribution in [0, 0.1) is 0 Å². The van der Waals surface area contributed by atoms with E-state index in [9.17, 15) is 9.59 Å². The molecule has 182 valence electrons. The molecule has 0 heterocycles. The highest BCUT2D eigenvalue weighted by Gasteiger charge is 2.29. The van der Waals surface area contributed by atoms with Gasteiger partial charge in [0.05, 0.1) is 0 Å². The van der Waals surface area contributed by atoms with Crippen LogP contribution in [-0.4, -0.2) is 42.6 Å². The molecular weight excluding hydrogens is 450 g/mol. The lowest BCUT2D eigenvalue weighted by atomic mass is 9.98. The molecule has 3 rings (SSSR count). The molecule has 2 aromatic carbocycles. The molecule has 7 nitrogen and oxygen atoms in total. The van der Waals surface area contributed by atoms with Crippen LogP contribution in [-0.2, 0) is 9.47 Å². The molecule has 2 amide bonds. The Morgan fingerprint density at radius 3 is 2.00 bits per heavy atom. The predicted octanol–water partition coefficient (Wildman–Crippen LogP) is 5.09. The van der Waals surface area contributed by atoms with E-state index in [-0.39, 0.29) is 17.6 Å². The van der Waals surface area contributed by atoms with Crippen LogP contribution in [0.25, 0.3) is 11.1 Å². The number of benzene rings is 2. The third-order valence-corrected chi connectivity index (χ3v) is 5.61. The molecule has 34 heavy (non-hydrogen) atoms. The number of hydrogen-bond donors (Lipinski definition) is 3. The van der Waals surface area contributed by atoms with E-state index in [0.29, 0.717) is 13.1 Å². The summed E-state index contributed by atoms with van der Waals surface area (Å²) in [5.41, 5.74) is 4.21. The highest BCUT2D eigenvalue weighted by molar-refractivity contribution is 7.80. The van der Waals surface area contributed by atoms with Gasteiger partial charge in [0.25, 0.3) is 0 Å². The van der Waals surface area contributed by atoms with Crippen LogP contribution in [0.2, 0.25) is 0 Å². The molecule has 0 spiro atoms. The maximum atomic E-state index is 12.3. The van der Waals surface area contributed by atoms with Crippen LogP contribution in [0.3, 0.4) is 0 Å². The van der Waals surface area contributed by atoms with Gasteiger partial charge in [-0.05, 0) is 74.5 Å². The minimum Gasteiger partial charge on any atom is -0.448 e. The molecular formula is C26H33N3O4S. The Morgan fingerprint density at radius 1 is 0.853 bits per heavy atom. The first-order valence-electron chi connectivity index (χ1n) is 11.6. The van der Waals surface area contributed by atoms with Crippen LogP contribution in [0.5, 0.6) is 0 Å². The van der Waals surface area contributed by atoms with Gasteiger partial charge in [-0.15, -0.1) is 0 Å². The average Bonchev–Trinajstić information content (AvgIpc) is 3.09. The lowest BCUT2D eigenvalue weighted by molar-refractivity contribution is 0.0527. The van der Waals surface area contributed by atoms with E-state index < -0.39 is 17.8 Å². The monoisotopic (exact) mass is 483 g/mol. The first kappa shape index (κ1) is 25.5. The summed E-state index contributed by atoms with van der Waals surface area (Å²) < 4.78 is 10.7. The quantitative estimate of drug-likeness (QED) is 0.358. The fraction of sp³-hybridized carbons (Fsp3) is 0.423. The van der Waals surface area contributed by atoms with Crippen molar-refractivity contribution in [2.75, 3.05) is 19.7 Å². The van der Waals surface area contributed by atoms with E-state index >= 15 is 0 Å². The summed E-state index contributed by atoms with van der Waals surface area (Å²) in [6, 6.07) is 16.4. The Morgan fingerprint density at radius 2 is 1.41 bits per heavy atom. The van der Waals surface area contributed by atoms with Crippen molar-refractivity contribution in [3.8, 4) is 11.1 Å². The number of unbranched alkanes of at least 4 members (excludes halogenated alkanes) is 2. The molecule has 1 aliphatic carbocycles. The fourth-order valence-electron chi connectivity index (χ4n) is 3.90. The van der Waals surface area contributed by atoms with Crippen LogP contribution in [0.15, 0.2) is 48.5 Å². The van der Waals surface area contributed by atoms with Gasteiger partial charge in [-0.1, -0.05) is 48.5 Å². The Kier molecular flexibility index (Phi) is 8.87. The maximum Gasteiger partial charge on any atom is 0.413 e. The molecule has 0 aromatic heterocycles. The van der Waals surface area contributed by atoms with Gasteiger partial charge >= 0.3 is 12.2 Å². The molecule has 3 N–H and O–H groups in total. The molecule has 0 atom stereocenters. The molecule has 0 saturated carbocycles. The molecule has 0 aliphatic heterocycles.